The van der Waals surface area contributed by atoms with Crippen LogP contribution >= 0.6 is 0 Å². The number of hydrogen-bond acceptors (Lipinski definition) is 6. The molecule has 3 heterocycles. The highest BCUT2D eigenvalue weighted by Crippen LogP contribution is 2.33. The number of amides is 2. The number of alkyl halides is 2. The number of anilines is 2. The minimum Gasteiger partial charge on any atom is -0.322 e. The van der Waals surface area contributed by atoms with Gasteiger partial charge in [-0.1, -0.05) is 36.4 Å². The molecule has 0 saturated heterocycles. The van der Waals surface area contributed by atoms with E-state index in [9.17, 15) is 18.4 Å². The molecule has 2 aromatic heterocycles. The maximum absolute atomic E-state index is 14.8. The standard InChI is InChI=1S/C25H17F2N7O2/c26-25(27,17-6-2-1-3-7-17)24-29-13-19(14-30-24)33-9-10-34-21(23(33)36)20(15-31-34)22(35)32-18-8-4-5-16(11-18)12-28/h1-8,11,13-15H,9-10H2,(H,32,35). The van der Waals surface area contributed by atoms with Crippen molar-refractivity contribution in [2.45, 2.75) is 12.5 Å². The van der Waals surface area contributed by atoms with Crippen LogP contribution in [-0.2, 0) is 12.5 Å². The molecule has 36 heavy (non-hydrogen) atoms. The molecule has 0 bridgehead atoms. The predicted molar refractivity (Wildman–Crippen MR) is 124 cm³/mol. The van der Waals surface area contributed by atoms with E-state index in [1.54, 1.807) is 24.3 Å². The zero-order chi connectivity index (χ0) is 25.3. The Kier molecular flexibility index (Phi) is 5.69. The van der Waals surface area contributed by atoms with Crippen LogP contribution in [0, 0.1) is 11.3 Å². The summed E-state index contributed by atoms with van der Waals surface area (Å²) in [6, 6.07) is 15.5. The van der Waals surface area contributed by atoms with E-state index in [2.05, 4.69) is 20.4 Å². The highest BCUT2D eigenvalue weighted by atomic mass is 19.3. The van der Waals surface area contributed by atoms with Crippen LogP contribution in [0.2, 0.25) is 0 Å². The van der Waals surface area contributed by atoms with E-state index < -0.39 is 23.6 Å². The van der Waals surface area contributed by atoms with Crippen molar-refractivity contribution in [2.75, 3.05) is 16.8 Å². The molecule has 5 rings (SSSR count). The van der Waals surface area contributed by atoms with Crippen LogP contribution in [0.5, 0.6) is 0 Å². The summed E-state index contributed by atoms with van der Waals surface area (Å²) in [6.45, 7) is 0.469. The number of fused-ring (bicyclic) bond motifs is 1. The van der Waals surface area contributed by atoms with Crippen LogP contribution in [0.4, 0.5) is 20.2 Å². The van der Waals surface area contributed by atoms with Crippen LogP contribution < -0.4 is 10.2 Å². The molecule has 1 aliphatic rings. The Morgan fingerprint density at radius 2 is 1.78 bits per heavy atom. The van der Waals surface area contributed by atoms with E-state index in [-0.39, 0.29) is 35.6 Å². The van der Waals surface area contributed by atoms with Gasteiger partial charge in [-0.3, -0.25) is 14.3 Å². The molecule has 1 aliphatic heterocycles. The summed E-state index contributed by atoms with van der Waals surface area (Å²) in [5, 5.41) is 15.9. The quantitative estimate of drug-likeness (QED) is 0.462. The molecule has 0 radical (unpaired) electrons. The van der Waals surface area contributed by atoms with Crippen molar-refractivity contribution in [2.24, 2.45) is 0 Å². The van der Waals surface area contributed by atoms with Crippen molar-refractivity contribution in [3.05, 3.63) is 101 Å². The van der Waals surface area contributed by atoms with E-state index in [1.807, 2.05) is 6.07 Å². The van der Waals surface area contributed by atoms with Gasteiger partial charge in [-0.15, -0.1) is 0 Å². The van der Waals surface area contributed by atoms with E-state index in [1.165, 1.54) is 46.1 Å². The highest BCUT2D eigenvalue weighted by molar-refractivity contribution is 6.15. The highest BCUT2D eigenvalue weighted by Gasteiger charge is 2.38. The molecule has 11 heteroatoms. The minimum atomic E-state index is -3.40. The number of nitrogens with zero attached hydrogens (tertiary/aromatic N) is 6. The minimum absolute atomic E-state index is 0.0419. The third-order valence-electron chi connectivity index (χ3n) is 5.68. The summed E-state index contributed by atoms with van der Waals surface area (Å²) in [7, 11) is 0. The maximum Gasteiger partial charge on any atom is 0.331 e. The van der Waals surface area contributed by atoms with Crippen LogP contribution in [0.3, 0.4) is 0 Å². The maximum atomic E-state index is 14.8. The zero-order valence-corrected chi connectivity index (χ0v) is 18.6. The number of benzene rings is 2. The SMILES string of the molecule is N#Cc1cccc(NC(=O)c2cnn3c2C(=O)N(c2cnc(C(F)(F)c4ccccc4)nc2)CC3)c1. The van der Waals surface area contributed by atoms with Crippen LogP contribution in [-0.4, -0.2) is 38.1 Å². The molecule has 0 spiro atoms. The molecule has 0 saturated carbocycles. The fraction of sp³-hybridized carbons (Fsp3) is 0.120. The first-order chi connectivity index (χ1) is 17.4. The first-order valence-corrected chi connectivity index (χ1v) is 10.8. The Morgan fingerprint density at radius 3 is 2.50 bits per heavy atom. The van der Waals surface area contributed by atoms with Gasteiger partial charge in [0, 0.05) is 17.8 Å². The molecule has 9 nitrogen and oxygen atoms in total. The number of hydrogen-bond donors (Lipinski definition) is 1. The van der Waals surface area contributed by atoms with Gasteiger partial charge < -0.3 is 10.2 Å². The van der Waals surface area contributed by atoms with Gasteiger partial charge >= 0.3 is 5.92 Å². The predicted octanol–water partition coefficient (Wildman–Crippen LogP) is 3.60. The molecule has 2 amide bonds. The summed E-state index contributed by atoms with van der Waals surface area (Å²) in [4.78, 5) is 35.2. The van der Waals surface area contributed by atoms with Crippen molar-refractivity contribution in [3.63, 3.8) is 0 Å². The number of aromatic nitrogens is 4. The molecular weight excluding hydrogens is 468 g/mol. The van der Waals surface area contributed by atoms with Crippen LogP contribution in [0.15, 0.2) is 73.2 Å². The molecule has 178 valence electrons. The Labute approximate surface area is 203 Å². The average Bonchev–Trinajstić information content (AvgIpc) is 3.35. The first-order valence-electron chi connectivity index (χ1n) is 10.8. The monoisotopic (exact) mass is 485 g/mol. The lowest BCUT2D eigenvalue weighted by atomic mass is 10.1. The number of rotatable bonds is 5. The van der Waals surface area contributed by atoms with Gasteiger partial charge in [0.2, 0.25) is 5.82 Å². The van der Waals surface area contributed by atoms with Crippen molar-refractivity contribution < 1.29 is 18.4 Å². The number of carbonyl (C=O) groups excluding carboxylic acids is 2. The molecule has 4 aromatic rings. The lowest BCUT2D eigenvalue weighted by Gasteiger charge is -2.27. The lowest BCUT2D eigenvalue weighted by molar-refractivity contribution is 0.0328. The third kappa shape index (κ3) is 4.05. The Hall–Kier alpha value is -4.98. The van der Waals surface area contributed by atoms with Gasteiger partial charge in [0.15, 0.2) is 0 Å². The Morgan fingerprint density at radius 1 is 1.03 bits per heavy atom. The zero-order valence-electron chi connectivity index (χ0n) is 18.6. The second kappa shape index (κ2) is 8.99. The van der Waals surface area contributed by atoms with Gasteiger partial charge in [0.05, 0.1) is 48.0 Å². The number of carbonyl (C=O) groups is 2. The van der Waals surface area contributed by atoms with Crippen LogP contribution in [0.25, 0.3) is 0 Å². The van der Waals surface area contributed by atoms with Gasteiger partial charge in [-0.25, -0.2) is 9.97 Å². The third-order valence-corrected chi connectivity index (χ3v) is 5.68. The molecule has 2 aromatic carbocycles. The van der Waals surface area contributed by atoms with Gasteiger partial charge in [-0.05, 0) is 18.2 Å². The molecule has 0 atom stereocenters. The molecular formula is C25H17F2N7O2. The Bertz CT molecular complexity index is 1500. The molecule has 1 N–H and O–H groups in total. The normalized spacial score (nSPS) is 13.1. The van der Waals surface area contributed by atoms with Crippen molar-refractivity contribution in [3.8, 4) is 6.07 Å². The van der Waals surface area contributed by atoms with E-state index >= 15 is 0 Å². The van der Waals surface area contributed by atoms with Crippen molar-refractivity contribution >= 4 is 23.2 Å². The second-order valence-electron chi connectivity index (χ2n) is 7.94. The van der Waals surface area contributed by atoms with Gasteiger partial charge in [-0.2, -0.15) is 19.1 Å². The van der Waals surface area contributed by atoms with E-state index in [0.717, 1.165) is 12.4 Å². The largest absolute Gasteiger partial charge is 0.331 e. The summed E-state index contributed by atoms with van der Waals surface area (Å²) >= 11 is 0. The fourth-order valence-electron chi connectivity index (χ4n) is 3.88. The number of nitriles is 1. The molecule has 0 fully saturated rings. The van der Waals surface area contributed by atoms with E-state index in [0.29, 0.717) is 11.3 Å². The van der Waals surface area contributed by atoms with Gasteiger partial charge in [0.25, 0.3) is 11.8 Å². The number of nitrogens with one attached hydrogen (secondary N) is 1. The van der Waals surface area contributed by atoms with Gasteiger partial charge in [0.1, 0.15) is 5.69 Å². The lowest BCUT2D eigenvalue weighted by Crippen LogP contribution is -2.41. The van der Waals surface area contributed by atoms with E-state index in [4.69, 9.17) is 5.26 Å². The number of halogens is 2. The van der Waals surface area contributed by atoms with Crippen LogP contribution in [0.1, 0.15) is 37.8 Å². The topological polar surface area (TPSA) is 117 Å². The summed E-state index contributed by atoms with van der Waals surface area (Å²) in [5.41, 5.74) is 0.824. The summed E-state index contributed by atoms with van der Waals surface area (Å²) in [5.74, 6) is -5.21. The first kappa shape index (κ1) is 22.8. The fourth-order valence-corrected chi connectivity index (χ4v) is 3.88. The molecule has 0 unspecified atom stereocenters. The van der Waals surface area contributed by atoms with Crippen molar-refractivity contribution in [1.29, 1.82) is 5.26 Å². The second-order valence-corrected chi connectivity index (χ2v) is 7.94. The summed E-state index contributed by atoms with van der Waals surface area (Å²) < 4.78 is 31.0. The average molecular weight is 485 g/mol. The smallest absolute Gasteiger partial charge is 0.322 e. The summed E-state index contributed by atoms with van der Waals surface area (Å²) in [6.07, 6.45) is 3.62. The molecule has 0 aliphatic carbocycles. The van der Waals surface area contributed by atoms with Crippen molar-refractivity contribution in [1.82, 2.24) is 19.7 Å². The Balaban J connectivity index is 1.39.